The van der Waals surface area contributed by atoms with Gasteiger partial charge < -0.3 is 9.59 Å². The second kappa shape index (κ2) is 30.9. The first-order chi connectivity index (χ1) is 28.6. The van der Waals surface area contributed by atoms with Crippen LogP contribution in [0.15, 0.2) is 85.2 Å². The summed E-state index contributed by atoms with van der Waals surface area (Å²) in [4.78, 5) is 35.4. The molecule has 0 aliphatic rings. The SMILES string of the molecule is CC(C)(C)P(Cc1ccc2ccc3cccnc3c2n1)C(C)(C)C.CC(C)(C)[PH+](Cc1ccc2ccc3cccnc3c2n1)C(C)(C)C.O=[C-][ClH+].PPPPPP.[CH-]=O.[Cl][RuH].[Ru]. The largest absolute Gasteiger partial charge is 0 e. The van der Waals surface area contributed by atoms with E-state index in [0.29, 0.717) is 20.6 Å². The fraction of sp³-hybridized carbons (Fsp3) is 0.409. The molecule has 0 radical (unpaired) electrons. The molecule has 6 unspecified atom stereocenters. The van der Waals surface area contributed by atoms with Crippen molar-refractivity contribution >= 4 is 131 Å². The average Bonchev–Trinajstić information content (AvgIpc) is 3.21. The second-order valence-electron chi connectivity index (χ2n) is 17.7. The van der Waals surface area contributed by atoms with E-state index in [1.165, 1.54) is 38.1 Å². The monoisotopic (exact) mass is 1200 g/mol. The molecule has 2 aromatic carbocycles. The smallest absolute Gasteiger partial charge is 0 e. The summed E-state index contributed by atoms with van der Waals surface area (Å²) in [5.74, 6) is 1.08. The second-order valence-corrected chi connectivity index (χ2v) is 40.1. The summed E-state index contributed by atoms with van der Waals surface area (Å²) < 4.78 is 0. The van der Waals surface area contributed by atoms with Crippen molar-refractivity contribution in [3.8, 4) is 0 Å². The van der Waals surface area contributed by atoms with Crippen LogP contribution in [-0.2, 0) is 58.7 Å². The van der Waals surface area contributed by atoms with E-state index in [1.807, 2.05) is 24.5 Å². The molecule has 4 heterocycles. The van der Waals surface area contributed by atoms with Gasteiger partial charge in [0, 0.05) is 73.2 Å². The number of hydrogen-bond acceptors (Lipinski definition) is 6. The van der Waals surface area contributed by atoms with Crippen molar-refractivity contribution < 1.29 is 58.0 Å². The molecule has 4 aromatic heterocycles. The van der Waals surface area contributed by atoms with E-state index in [0.717, 1.165) is 66.8 Å². The molecular formula is C44H66Cl2N4O2P8Ru2. The van der Waals surface area contributed by atoms with Crippen LogP contribution in [0.1, 0.15) is 94.5 Å². The van der Waals surface area contributed by atoms with E-state index in [4.69, 9.17) is 19.6 Å². The maximum atomic E-state index is 8.50. The molecular weight excluding hydrogens is 1140 g/mol. The van der Waals surface area contributed by atoms with Crippen molar-refractivity contribution in [3.63, 3.8) is 0 Å². The van der Waals surface area contributed by atoms with Gasteiger partial charge in [0.2, 0.25) is 0 Å². The number of halogens is 2. The van der Waals surface area contributed by atoms with Gasteiger partial charge in [-0.25, -0.2) is 4.98 Å². The number of hydrogen-bond donors (Lipinski definition) is 0. The van der Waals surface area contributed by atoms with Crippen molar-refractivity contribution in [2.24, 2.45) is 0 Å². The molecule has 0 spiro atoms. The minimum absolute atomic E-state index is 0. The van der Waals surface area contributed by atoms with Gasteiger partial charge in [0.25, 0.3) is 0 Å². The van der Waals surface area contributed by atoms with Gasteiger partial charge in [-0.3, -0.25) is 21.7 Å². The average molecular weight is 1200 g/mol. The van der Waals surface area contributed by atoms with E-state index in [1.54, 1.807) is 17.3 Å². The molecule has 0 saturated heterocycles. The van der Waals surface area contributed by atoms with Gasteiger partial charge in [-0.1, -0.05) is 130 Å². The third-order valence-corrected chi connectivity index (χ3v) is 34.1. The van der Waals surface area contributed by atoms with Gasteiger partial charge >= 0.3 is 27.0 Å². The summed E-state index contributed by atoms with van der Waals surface area (Å²) in [5.41, 5.74) is 6.49. The van der Waals surface area contributed by atoms with Crippen molar-refractivity contribution in [2.45, 2.75) is 116 Å². The third-order valence-electron chi connectivity index (χ3n) is 9.29. The Hall–Kier alpha value is 0.687. The zero-order valence-corrected chi connectivity index (χ0v) is 51.2. The molecule has 344 valence electrons. The Balaban J connectivity index is 0.000000930. The van der Waals surface area contributed by atoms with Crippen LogP contribution in [0.4, 0.5) is 0 Å². The van der Waals surface area contributed by atoms with Gasteiger partial charge in [0.05, 0.1) is 43.8 Å². The van der Waals surface area contributed by atoms with E-state index in [9.17, 15) is 0 Å². The molecule has 6 rings (SSSR count). The van der Waals surface area contributed by atoms with Crippen molar-refractivity contribution in [2.75, 3.05) is 0 Å². The number of rotatable bonds is 7. The van der Waals surface area contributed by atoms with Crippen LogP contribution in [0, 0.1) is 11.6 Å². The first-order valence-corrected chi connectivity index (χ1v) is 36.0. The predicted molar refractivity (Wildman–Crippen MR) is 290 cm³/mol. The molecule has 6 nitrogen and oxygen atoms in total. The number of aromatic nitrogens is 4. The van der Waals surface area contributed by atoms with Gasteiger partial charge in [-0.2, -0.15) is 0 Å². The van der Waals surface area contributed by atoms with E-state index < -0.39 is 7.92 Å². The Bertz CT molecular complexity index is 2060. The molecule has 0 aliphatic carbocycles. The Morgan fingerprint density at radius 2 is 0.968 bits per heavy atom. The first kappa shape index (κ1) is 62.7. The maximum absolute atomic E-state index is 8.50. The quantitative estimate of drug-likeness (QED) is 0.0301. The van der Waals surface area contributed by atoms with Crippen LogP contribution in [0.5, 0.6) is 0 Å². The molecule has 0 N–H and O–H groups in total. The minimum atomic E-state index is -0.631. The Morgan fingerprint density at radius 1 is 0.645 bits per heavy atom. The van der Waals surface area contributed by atoms with E-state index in [-0.39, 0.29) is 27.4 Å². The molecule has 0 aliphatic heterocycles. The summed E-state index contributed by atoms with van der Waals surface area (Å²) in [6.07, 6.45) is 5.86. The van der Waals surface area contributed by atoms with Crippen LogP contribution in [0.3, 0.4) is 0 Å². The molecule has 6 atom stereocenters. The predicted octanol–water partition coefficient (Wildman–Crippen LogP) is 15.0. The fourth-order valence-electron chi connectivity index (χ4n) is 7.27. The van der Waals surface area contributed by atoms with Crippen LogP contribution < -0.4 is 0 Å². The Morgan fingerprint density at radius 3 is 1.31 bits per heavy atom. The van der Waals surface area contributed by atoms with Gasteiger partial charge in [0.1, 0.15) is 6.16 Å². The molecule has 0 saturated carbocycles. The minimum Gasteiger partial charge on any atom is 0 e. The summed E-state index contributed by atoms with van der Waals surface area (Å²) in [6.45, 7) is 31.7. The number of carbonyl (C=O) groups excluding carboxylic acids is 2. The molecule has 6 aromatic rings. The topological polar surface area (TPSA) is 85.7 Å². The standard InChI is InChI=1S/2C21H27N2P.CHClO.CHO.ClH.H8P6.2Ru.H/c2*1-20(2,3)24(21(4,5)6)14-17-12-11-16-10-9-15-8-7-13-22-18(15)19(16)23-17;2-1-3;1-2;;1-3-5-6-4-2;;;/h2*7-13H,14H2,1-6H3;2H;1H;1H;3-6H,1-2H2;;;/q;;;-1;;;;+1;. The Labute approximate surface area is 418 Å². The summed E-state index contributed by atoms with van der Waals surface area (Å²) in [7, 11) is 14.0. The first-order valence-electron chi connectivity index (χ1n) is 19.3. The molecule has 0 amide bonds. The maximum Gasteiger partial charge on any atom is 0 e. The summed E-state index contributed by atoms with van der Waals surface area (Å²) >= 11 is 5.21. The third kappa shape index (κ3) is 20.9. The fourth-order valence-corrected chi connectivity index (χ4v) is 32.1. The van der Waals surface area contributed by atoms with Crippen LogP contribution in [0.2, 0.25) is 0 Å². The number of benzene rings is 2. The number of nitrogens with zero attached hydrogens (tertiary/aromatic N) is 4. The number of pyridine rings is 4. The van der Waals surface area contributed by atoms with Crippen LogP contribution in [0.25, 0.3) is 43.6 Å². The molecule has 0 bridgehead atoms. The van der Waals surface area contributed by atoms with E-state index in [2.05, 4.69) is 200 Å². The molecule has 62 heavy (non-hydrogen) atoms. The zero-order chi connectivity index (χ0) is 46.6. The summed E-state index contributed by atoms with van der Waals surface area (Å²) in [6, 6.07) is 25.5. The van der Waals surface area contributed by atoms with Crippen LogP contribution >= 0.6 is 75.2 Å². The summed E-state index contributed by atoms with van der Waals surface area (Å²) in [5, 5.41) is 5.96. The van der Waals surface area contributed by atoms with Crippen molar-refractivity contribution in [3.05, 3.63) is 96.6 Å². The Kier molecular flexibility index (Phi) is 31.3. The van der Waals surface area contributed by atoms with E-state index >= 15 is 0 Å². The number of fused-ring (bicyclic) bond motifs is 6. The van der Waals surface area contributed by atoms with Gasteiger partial charge in [-0.05, 0) is 87.7 Å². The molecule has 18 heteroatoms. The zero-order valence-electron chi connectivity index (χ0n) is 37.8. The normalized spacial score (nSPS) is 12.2. The van der Waals surface area contributed by atoms with Crippen molar-refractivity contribution in [1.82, 2.24) is 19.9 Å². The van der Waals surface area contributed by atoms with Crippen LogP contribution in [-0.4, -0.2) is 53.1 Å². The van der Waals surface area contributed by atoms with Gasteiger partial charge in [-0.15, -0.1) is 17.9 Å². The van der Waals surface area contributed by atoms with Crippen molar-refractivity contribution in [1.29, 1.82) is 0 Å². The molecule has 0 fully saturated rings. The van der Waals surface area contributed by atoms with Gasteiger partial charge in [0.15, 0.2) is 0 Å².